The molecule has 2 amide bonds. The lowest BCUT2D eigenvalue weighted by atomic mass is 9.87. The van der Waals surface area contributed by atoms with Gasteiger partial charge in [0.25, 0.3) is 0 Å². The van der Waals surface area contributed by atoms with Gasteiger partial charge < -0.3 is 26.2 Å². The molecule has 0 radical (unpaired) electrons. The van der Waals surface area contributed by atoms with Gasteiger partial charge in [-0.05, 0) is 103 Å². The minimum absolute atomic E-state index is 0.0223. The number of phenols is 2. The van der Waals surface area contributed by atoms with Crippen LogP contribution in [0.5, 0.6) is 11.5 Å². The Morgan fingerprint density at radius 3 is 2.13 bits per heavy atom. The maximum absolute atomic E-state index is 14.6. The second-order valence-corrected chi connectivity index (χ2v) is 16.6. The molecule has 0 aliphatic carbocycles. The number of unbranched alkanes of at least 4 members (excludes halogenated alkanes) is 1. The maximum Gasteiger partial charge on any atom is 0.226 e. The Morgan fingerprint density at radius 1 is 0.869 bits per heavy atom. The van der Waals surface area contributed by atoms with Crippen molar-refractivity contribution in [3.05, 3.63) is 119 Å². The van der Waals surface area contributed by atoms with Gasteiger partial charge in [-0.3, -0.25) is 28.8 Å². The second-order valence-electron chi connectivity index (χ2n) is 16.1. The van der Waals surface area contributed by atoms with Crippen molar-refractivity contribution in [3.63, 3.8) is 0 Å². The van der Waals surface area contributed by atoms with Gasteiger partial charge in [0, 0.05) is 59.9 Å². The Hall–Kier alpha value is -5.91. The summed E-state index contributed by atoms with van der Waals surface area (Å²) in [5.41, 5.74) is 9.36. The summed E-state index contributed by atoms with van der Waals surface area (Å²) in [6.07, 6.45) is 4.17. The number of nitrogens with two attached hydrogens (primary N) is 1. The van der Waals surface area contributed by atoms with Crippen LogP contribution in [-0.4, -0.2) is 69.7 Å². The van der Waals surface area contributed by atoms with Gasteiger partial charge in [0.15, 0.2) is 23.1 Å². The summed E-state index contributed by atoms with van der Waals surface area (Å²) in [4.78, 5) is 83.3. The number of carbonyl (C=O) groups is 6. The van der Waals surface area contributed by atoms with E-state index in [1.807, 2.05) is 24.3 Å². The molecular formula is C49H54ClN3O8. The number of amides is 2. The van der Waals surface area contributed by atoms with Crippen molar-refractivity contribution in [1.29, 1.82) is 0 Å². The third-order valence-electron chi connectivity index (χ3n) is 11.2. The standard InChI is InChI=1S/C49H54ClN3O8/c1-29(8-9-31(3)54)23-45(58)41-26-32-10-20-42(55)39(25-32)40-27-36(17-21-43(40)56)47(46(59)24-30(2)48(60)52-41)53(4)49(61)37(7-5-6-22-51)28-44(57)35-13-11-33(12-14-35)34-15-18-38(50)19-16-34/h8-21,25,27,29-30,37,41,47,55-56H,5-7,22-24,26,28,51H2,1-4H3,(H,52,60)/b9-8+/t29-,30+,37+,41-,47-/m0/s1. The molecule has 0 saturated heterocycles. The van der Waals surface area contributed by atoms with Crippen LogP contribution in [0, 0.1) is 17.8 Å². The molecule has 1 heterocycles. The van der Waals surface area contributed by atoms with E-state index in [1.165, 1.54) is 43.1 Å². The number of hydrogen-bond acceptors (Lipinski definition) is 9. The van der Waals surface area contributed by atoms with E-state index >= 15 is 0 Å². The number of benzene rings is 4. The number of likely N-dealkylation sites (N-methyl/N-ethyl adjacent to an activating group) is 1. The van der Waals surface area contributed by atoms with E-state index in [9.17, 15) is 39.0 Å². The first-order valence-electron chi connectivity index (χ1n) is 20.6. The number of allylic oxidation sites excluding steroid dienone is 2. The monoisotopic (exact) mass is 847 g/mol. The number of Topliss-reactive ketones (excluding diaryl/α,β-unsaturated/α-hetero) is 3. The summed E-state index contributed by atoms with van der Waals surface area (Å²) in [6.45, 7) is 5.16. The molecule has 4 aromatic carbocycles. The van der Waals surface area contributed by atoms with Gasteiger partial charge >= 0.3 is 0 Å². The molecule has 11 nitrogen and oxygen atoms in total. The van der Waals surface area contributed by atoms with Gasteiger partial charge in [-0.25, -0.2) is 0 Å². The molecule has 12 heteroatoms. The molecule has 4 aromatic rings. The number of carbonyl (C=O) groups excluding carboxylic acids is 6. The normalized spacial score (nSPS) is 17.8. The van der Waals surface area contributed by atoms with E-state index in [4.69, 9.17) is 17.3 Å². The molecule has 0 unspecified atom stereocenters. The van der Waals surface area contributed by atoms with Gasteiger partial charge in [-0.2, -0.15) is 0 Å². The molecule has 5 N–H and O–H groups in total. The zero-order valence-electron chi connectivity index (χ0n) is 35.0. The predicted molar refractivity (Wildman–Crippen MR) is 236 cm³/mol. The van der Waals surface area contributed by atoms with E-state index in [0.29, 0.717) is 47.5 Å². The Morgan fingerprint density at radius 2 is 1.49 bits per heavy atom. The lowest BCUT2D eigenvalue weighted by molar-refractivity contribution is -0.142. The second kappa shape index (κ2) is 21.1. The number of nitrogens with zero attached hydrogens (tertiary/aromatic N) is 1. The summed E-state index contributed by atoms with van der Waals surface area (Å²) < 4.78 is 0. The van der Waals surface area contributed by atoms with Gasteiger partial charge in [0.2, 0.25) is 11.8 Å². The minimum atomic E-state index is -1.26. The fraction of sp³-hybridized carbons (Fsp3) is 0.347. The number of phenolic OH excluding ortho intramolecular Hbond substituents is 2. The van der Waals surface area contributed by atoms with Crippen LogP contribution >= 0.6 is 11.6 Å². The molecule has 1 aliphatic rings. The topological polar surface area (TPSA) is 184 Å². The van der Waals surface area contributed by atoms with Crippen LogP contribution in [0.25, 0.3) is 22.3 Å². The summed E-state index contributed by atoms with van der Waals surface area (Å²) in [5.74, 6) is -4.62. The predicted octanol–water partition coefficient (Wildman–Crippen LogP) is 7.98. The molecule has 0 aromatic heterocycles. The average Bonchev–Trinajstić information content (AvgIpc) is 3.23. The molecule has 1 aliphatic heterocycles. The van der Waals surface area contributed by atoms with Crippen LogP contribution in [0.4, 0.5) is 0 Å². The molecular weight excluding hydrogens is 794 g/mol. The highest BCUT2D eigenvalue weighted by Gasteiger charge is 2.36. The fourth-order valence-electron chi connectivity index (χ4n) is 7.72. The number of fused-ring (bicyclic) bond motifs is 5. The molecule has 4 bridgehead atoms. The highest BCUT2D eigenvalue weighted by molar-refractivity contribution is 6.30. The maximum atomic E-state index is 14.6. The van der Waals surface area contributed by atoms with E-state index in [-0.39, 0.29) is 71.6 Å². The van der Waals surface area contributed by atoms with Crippen LogP contribution in [0.15, 0.2) is 97.1 Å². The Balaban J connectivity index is 1.49. The molecule has 61 heavy (non-hydrogen) atoms. The summed E-state index contributed by atoms with van der Waals surface area (Å²) >= 11 is 6.06. The minimum Gasteiger partial charge on any atom is -0.507 e. The Labute approximate surface area is 362 Å². The highest BCUT2D eigenvalue weighted by atomic mass is 35.5. The highest BCUT2D eigenvalue weighted by Crippen LogP contribution is 2.40. The first kappa shape index (κ1) is 46.2. The van der Waals surface area contributed by atoms with Gasteiger partial charge in [0.05, 0.1) is 6.04 Å². The first-order valence-corrected chi connectivity index (χ1v) is 21.0. The number of ketones is 4. The number of nitrogens with one attached hydrogen (secondary N) is 1. The van der Waals surface area contributed by atoms with Gasteiger partial charge in [-0.1, -0.05) is 86.5 Å². The lowest BCUT2D eigenvalue weighted by Gasteiger charge is -2.32. The van der Waals surface area contributed by atoms with Crippen LogP contribution in [0.3, 0.4) is 0 Å². The lowest BCUT2D eigenvalue weighted by Crippen LogP contribution is -2.46. The molecule has 0 saturated carbocycles. The van der Waals surface area contributed by atoms with Crippen LogP contribution < -0.4 is 11.1 Å². The summed E-state index contributed by atoms with van der Waals surface area (Å²) in [6, 6.07) is 21.3. The Bertz CT molecular complexity index is 2290. The van der Waals surface area contributed by atoms with Crippen molar-refractivity contribution in [2.75, 3.05) is 13.6 Å². The molecule has 320 valence electrons. The number of aromatic hydroxyl groups is 2. The summed E-state index contributed by atoms with van der Waals surface area (Å²) in [5, 5.41) is 25.7. The van der Waals surface area contributed by atoms with E-state index in [1.54, 1.807) is 62.4 Å². The third-order valence-corrected chi connectivity index (χ3v) is 11.4. The molecule has 0 spiro atoms. The smallest absolute Gasteiger partial charge is 0.226 e. The SMILES string of the molecule is CC(=O)/C=C/[C@H](C)CC(=O)[C@@H]1Cc2ccc(O)c(c2)-c2cc(ccc2O)[C@H](N(C)C(=O)[C@H](CCCCN)CC(=O)c2ccc(-c3ccc(Cl)cc3)cc2)C(=O)C[C@@H](C)C(=O)N1. The van der Waals surface area contributed by atoms with Crippen molar-refractivity contribution in [2.24, 2.45) is 23.5 Å². The third kappa shape index (κ3) is 12.1. The Kier molecular flexibility index (Phi) is 15.9. The van der Waals surface area contributed by atoms with E-state index in [2.05, 4.69) is 5.32 Å². The van der Waals surface area contributed by atoms with Crippen molar-refractivity contribution in [1.82, 2.24) is 10.2 Å². The van der Waals surface area contributed by atoms with Crippen molar-refractivity contribution < 1.29 is 39.0 Å². The number of hydrogen-bond donors (Lipinski definition) is 4. The van der Waals surface area contributed by atoms with Crippen molar-refractivity contribution in [3.8, 4) is 33.8 Å². The van der Waals surface area contributed by atoms with E-state index in [0.717, 1.165) is 11.1 Å². The van der Waals surface area contributed by atoms with Crippen LogP contribution in [-0.2, 0) is 30.4 Å². The zero-order chi connectivity index (χ0) is 44.4. The largest absolute Gasteiger partial charge is 0.507 e. The molecule has 5 rings (SSSR count). The van der Waals surface area contributed by atoms with Crippen LogP contribution in [0.2, 0.25) is 5.02 Å². The average molecular weight is 848 g/mol. The first-order chi connectivity index (χ1) is 29.1. The quantitative estimate of drug-likeness (QED) is 0.0523. The fourth-order valence-corrected chi connectivity index (χ4v) is 7.84. The number of rotatable bonds is 15. The van der Waals surface area contributed by atoms with E-state index < -0.39 is 41.5 Å². The van der Waals surface area contributed by atoms with Gasteiger partial charge in [-0.15, -0.1) is 0 Å². The van der Waals surface area contributed by atoms with Crippen LogP contribution in [0.1, 0.15) is 86.8 Å². The number of halogens is 1. The zero-order valence-corrected chi connectivity index (χ0v) is 35.8. The summed E-state index contributed by atoms with van der Waals surface area (Å²) in [7, 11) is 1.49. The van der Waals surface area contributed by atoms with Crippen molar-refractivity contribution in [2.45, 2.75) is 77.8 Å². The van der Waals surface area contributed by atoms with Gasteiger partial charge in [0.1, 0.15) is 17.5 Å². The van der Waals surface area contributed by atoms with Crippen molar-refractivity contribution >= 4 is 46.5 Å². The molecule has 0 fully saturated rings. The molecule has 5 atom stereocenters.